The van der Waals surface area contributed by atoms with Crippen molar-refractivity contribution in [3.63, 3.8) is 0 Å². The van der Waals surface area contributed by atoms with Crippen molar-refractivity contribution in [1.29, 1.82) is 0 Å². The summed E-state index contributed by atoms with van der Waals surface area (Å²) in [7, 11) is -3.64. The van der Waals surface area contributed by atoms with Gasteiger partial charge in [0.05, 0.1) is 6.26 Å². The number of ether oxygens (including phenoxy) is 2. The highest BCUT2D eigenvalue weighted by molar-refractivity contribution is 7.88. The molecule has 1 fully saturated rings. The first-order valence-electron chi connectivity index (χ1n) is 9.09. The number of sulfonamides is 1. The molecule has 1 aromatic carbocycles. The van der Waals surface area contributed by atoms with Crippen LogP contribution >= 0.6 is 0 Å². The first kappa shape index (κ1) is 22.7. The monoisotopic (exact) mass is 423 g/mol. The van der Waals surface area contributed by atoms with Gasteiger partial charge in [0.15, 0.2) is 6.23 Å². The number of carbonyl (C=O) groups excluding carboxylic acids is 2. The van der Waals surface area contributed by atoms with Crippen molar-refractivity contribution < 1.29 is 27.5 Å². The summed E-state index contributed by atoms with van der Waals surface area (Å²) < 4.78 is 36.1. The van der Waals surface area contributed by atoms with Crippen LogP contribution in [-0.4, -0.2) is 62.9 Å². The van der Waals surface area contributed by atoms with Crippen LogP contribution in [-0.2, 0) is 19.6 Å². The highest BCUT2D eigenvalue weighted by Gasteiger charge is 2.39. The van der Waals surface area contributed by atoms with Crippen molar-refractivity contribution in [2.75, 3.05) is 26.0 Å². The summed E-state index contributed by atoms with van der Waals surface area (Å²) in [6.07, 6.45) is -0.897. The van der Waals surface area contributed by atoms with Gasteiger partial charge in [-0.3, -0.25) is 14.9 Å². The lowest BCUT2D eigenvalue weighted by molar-refractivity contribution is -0.155. The van der Waals surface area contributed by atoms with Crippen molar-refractivity contribution in [2.24, 2.45) is 0 Å². The normalized spacial score (nSPS) is 19.6. The van der Waals surface area contributed by atoms with Crippen molar-refractivity contribution in [1.82, 2.24) is 14.9 Å². The first-order valence-corrected chi connectivity index (χ1v) is 10.9. The Labute approximate surface area is 170 Å². The van der Waals surface area contributed by atoms with Gasteiger partial charge in [-0.05, 0) is 31.2 Å². The highest BCUT2D eigenvalue weighted by atomic mass is 32.2. The Morgan fingerprint density at radius 3 is 2.59 bits per heavy atom. The molecule has 2 atom stereocenters. The van der Waals surface area contributed by atoms with E-state index < -0.39 is 34.3 Å². The number of nitrogens with zero attached hydrogens (tertiary/aromatic N) is 1. The van der Waals surface area contributed by atoms with Crippen LogP contribution in [0.1, 0.15) is 30.6 Å². The largest absolute Gasteiger partial charge is 0.481 e. The Hall–Kier alpha value is -2.61. The molecule has 1 saturated heterocycles. The van der Waals surface area contributed by atoms with Crippen LogP contribution in [0.4, 0.5) is 0 Å². The third-order valence-electron chi connectivity index (χ3n) is 4.13. The maximum Gasteiger partial charge on any atom is 0.307 e. The smallest absolute Gasteiger partial charge is 0.307 e. The molecule has 1 aromatic rings. The zero-order valence-corrected chi connectivity index (χ0v) is 17.4. The Morgan fingerprint density at radius 2 is 2.00 bits per heavy atom. The lowest BCUT2D eigenvalue weighted by atomic mass is 10.2. The molecule has 1 heterocycles. The molecular weight excluding hydrogens is 398 g/mol. The molecule has 1 aliphatic heterocycles. The molecule has 1 amide bonds. The fourth-order valence-corrected chi connectivity index (χ4v) is 3.68. The van der Waals surface area contributed by atoms with Crippen molar-refractivity contribution in [2.45, 2.75) is 32.7 Å². The zero-order chi connectivity index (χ0) is 21.4. The molecule has 2 N–H and O–H groups in total. The molecule has 2 rings (SSSR count). The van der Waals surface area contributed by atoms with Gasteiger partial charge >= 0.3 is 5.97 Å². The molecule has 29 heavy (non-hydrogen) atoms. The van der Waals surface area contributed by atoms with Crippen molar-refractivity contribution in [3.05, 3.63) is 29.8 Å². The average Bonchev–Trinajstić information content (AvgIpc) is 2.69. The number of rotatable bonds is 7. The van der Waals surface area contributed by atoms with Gasteiger partial charge in [0.2, 0.25) is 10.0 Å². The quantitative estimate of drug-likeness (QED) is 0.479. The van der Waals surface area contributed by atoms with Crippen LogP contribution in [0.3, 0.4) is 0 Å². The maximum absolute atomic E-state index is 12.7. The third-order valence-corrected chi connectivity index (χ3v) is 5.39. The van der Waals surface area contributed by atoms with Crippen LogP contribution in [0.25, 0.3) is 0 Å². The molecule has 158 valence electrons. The molecular formula is C19H25N3O6S. The highest BCUT2D eigenvalue weighted by Crippen LogP contribution is 2.16. The van der Waals surface area contributed by atoms with E-state index in [1.54, 1.807) is 38.1 Å². The Kier molecular flexibility index (Phi) is 8.01. The lowest BCUT2D eigenvalue weighted by Crippen LogP contribution is -2.66. The molecule has 2 unspecified atom stereocenters. The Balaban J connectivity index is 2.17. The van der Waals surface area contributed by atoms with Gasteiger partial charge in [0, 0.05) is 25.1 Å². The van der Waals surface area contributed by atoms with Gasteiger partial charge in [-0.15, -0.1) is 5.92 Å². The summed E-state index contributed by atoms with van der Waals surface area (Å²) in [5, 5.41) is 5.58. The van der Waals surface area contributed by atoms with Crippen LogP contribution in [0.5, 0.6) is 5.75 Å². The molecule has 10 heteroatoms. The average molecular weight is 423 g/mol. The number of benzene rings is 1. The fourth-order valence-electron chi connectivity index (χ4n) is 2.68. The Morgan fingerprint density at radius 1 is 1.31 bits per heavy atom. The van der Waals surface area contributed by atoms with E-state index in [1.165, 1.54) is 0 Å². The topological polar surface area (TPSA) is 114 Å². The SMILES string of the molecule is CC#CCOc1ccc(C(=O)NC2C(OC(=O)CC)NCCN2S(C)(=O)=O)cc1. The van der Waals surface area contributed by atoms with E-state index in [-0.39, 0.29) is 26.1 Å². The fraction of sp³-hybridized carbons (Fsp3) is 0.474. The van der Waals surface area contributed by atoms with E-state index in [4.69, 9.17) is 9.47 Å². The van der Waals surface area contributed by atoms with Crippen molar-refractivity contribution >= 4 is 21.9 Å². The van der Waals surface area contributed by atoms with Gasteiger partial charge in [-0.25, -0.2) is 8.42 Å². The maximum atomic E-state index is 12.7. The standard InChI is InChI=1S/C19H25N3O6S/c1-4-6-13-27-15-9-7-14(8-10-15)18(24)21-17-19(28-16(23)5-2)20-11-12-22(17)29(3,25)26/h7-10,17,19-20H,5,11-13H2,1-3H3,(H,21,24). The molecule has 0 aromatic heterocycles. The zero-order valence-electron chi connectivity index (χ0n) is 16.6. The summed E-state index contributed by atoms with van der Waals surface area (Å²) in [4.78, 5) is 24.4. The van der Waals surface area contributed by atoms with E-state index in [2.05, 4.69) is 22.5 Å². The molecule has 0 radical (unpaired) electrons. The summed E-state index contributed by atoms with van der Waals surface area (Å²) in [6.45, 7) is 4.00. The molecule has 0 spiro atoms. The van der Waals surface area contributed by atoms with Gasteiger partial charge in [0.1, 0.15) is 18.5 Å². The summed E-state index contributed by atoms with van der Waals surface area (Å²) in [5.41, 5.74) is 0.304. The summed E-state index contributed by atoms with van der Waals surface area (Å²) in [5.74, 6) is 5.02. The number of carbonyl (C=O) groups is 2. The number of hydrogen-bond donors (Lipinski definition) is 2. The molecule has 0 saturated carbocycles. The predicted octanol–water partition coefficient (Wildman–Crippen LogP) is 0.289. The van der Waals surface area contributed by atoms with Crippen LogP contribution in [0.15, 0.2) is 24.3 Å². The number of piperazine rings is 1. The number of amides is 1. The van der Waals surface area contributed by atoms with Gasteiger partial charge in [-0.2, -0.15) is 4.31 Å². The summed E-state index contributed by atoms with van der Waals surface area (Å²) >= 11 is 0. The van der Waals surface area contributed by atoms with Crippen LogP contribution in [0.2, 0.25) is 0 Å². The second-order valence-electron chi connectivity index (χ2n) is 6.25. The minimum Gasteiger partial charge on any atom is -0.481 e. The van der Waals surface area contributed by atoms with E-state index in [0.29, 0.717) is 11.3 Å². The minimum atomic E-state index is -3.64. The second kappa shape index (κ2) is 10.2. The number of nitrogens with one attached hydrogen (secondary N) is 2. The molecule has 9 nitrogen and oxygen atoms in total. The van der Waals surface area contributed by atoms with E-state index >= 15 is 0 Å². The minimum absolute atomic E-state index is 0.127. The van der Waals surface area contributed by atoms with Crippen LogP contribution < -0.4 is 15.4 Å². The third kappa shape index (κ3) is 6.45. The number of hydrogen-bond acceptors (Lipinski definition) is 7. The molecule has 0 bridgehead atoms. The van der Waals surface area contributed by atoms with E-state index in [1.807, 2.05) is 0 Å². The lowest BCUT2D eigenvalue weighted by Gasteiger charge is -2.39. The second-order valence-corrected chi connectivity index (χ2v) is 8.19. The van der Waals surface area contributed by atoms with Crippen LogP contribution in [0, 0.1) is 11.8 Å². The van der Waals surface area contributed by atoms with Gasteiger partial charge in [0.25, 0.3) is 5.91 Å². The van der Waals surface area contributed by atoms with E-state index in [0.717, 1.165) is 10.6 Å². The first-order chi connectivity index (χ1) is 13.8. The molecule has 1 aliphatic rings. The van der Waals surface area contributed by atoms with Gasteiger partial charge < -0.3 is 14.8 Å². The predicted molar refractivity (Wildman–Crippen MR) is 106 cm³/mol. The van der Waals surface area contributed by atoms with Gasteiger partial charge in [-0.1, -0.05) is 12.8 Å². The summed E-state index contributed by atoms with van der Waals surface area (Å²) in [6, 6.07) is 6.35. The Bertz CT molecular complexity index is 889. The van der Waals surface area contributed by atoms with E-state index in [9.17, 15) is 18.0 Å². The molecule has 0 aliphatic carbocycles. The van der Waals surface area contributed by atoms with Crippen molar-refractivity contribution in [3.8, 4) is 17.6 Å². The number of esters is 1.